The van der Waals surface area contributed by atoms with E-state index in [1.807, 2.05) is 0 Å². The average Bonchev–Trinajstić information content (AvgIpc) is 2.00. The predicted octanol–water partition coefficient (Wildman–Crippen LogP) is 7.97. The molecule has 1 aliphatic heterocycles. The molecule has 7 aromatic rings. The Kier molecular flexibility index (Phi) is 36.9. The van der Waals surface area contributed by atoms with Crippen LogP contribution in [0, 0.1) is 0 Å². The minimum absolute atomic E-state index is 0.00348. The van der Waals surface area contributed by atoms with Crippen LogP contribution in [0.25, 0.3) is 0 Å². The van der Waals surface area contributed by atoms with Crippen molar-refractivity contribution in [3.05, 3.63) is 50.9 Å². The Bertz CT molecular complexity index is 3650. The molecule has 0 aromatic carbocycles. The quantitative estimate of drug-likeness (QED) is 0.0207. The van der Waals surface area contributed by atoms with Gasteiger partial charge < -0.3 is 35.0 Å². The number of unbranched alkanes of at least 4 members (excludes halogenated alkanes) is 5. The fraction of sp³-hybridized carbons (Fsp3) is 0.600. The lowest BCUT2D eigenvalue weighted by Crippen LogP contribution is -2.15. The third kappa shape index (κ3) is 34.5. The van der Waals surface area contributed by atoms with E-state index in [1.165, 1.54) is 68.0 Å². The highest BCUT2D eigenvalue weighted by atomic mass is 32.1. The number of aliphatic imine (C=N–C) groups is 1. The maximum Gasteiger partial charge on any atom is 0.306 e. The minimum atomic E-state index is -0.404. The molecule has 100 heavy (non-hydrogen) atoms. The first kappa shape index (κ1) is 80.4. The fourth-order valence-corrected chi connectivity index (χ4v) is 13.9. The summed E-state index contributed by atoms with van der Waals surface area (Å²) in [7, 11) is 0. The highest BCUT2D eigenvalue weighted by Crippen LogP contribution is 2.24. The van der Waals surface area contributed by atoms with E-state index in [9.17, 15) is 47.9 Å². The molecule has 0 fully saturated rings. The number of azo groups is 1. The summed E-state index contributed by atoms with van der Waals surface area (Å²) in [4.78, 5) is 120. The second kappa shape index (κ2) is 45.9. The zero-order chi connectivity index (χ0) is 71.7. The molecule has 3 amide bonds. The van der Waals surface area contributed by atoms with Crippen LogP contribution in [0.3, 0.4) is 0 Å². The second-order valence-corrected chi connectivity index (χ2v) is 28.9. The van der Waals surface area contributed by atoms with Crippen molar-refractivity contribution in [3.8, 4) is 0 Å². The lowest BCUT2D eigenvalue weighted by atomic mass is 10.1. The van der Waals surface area contributed by atoms with Crippen LogP contribution in [0.4, 0.5) is 15.4 Å². The number of Topliss-reactive ketones (excluding diaryl/α,β-unsaturated/α-hetero) is 5. The Morgan fingerprint density at radius 1 is 0.380 bits per heavy atom. The van der Waals surface area contributed by atoms with Gasteiger partial charge in [0.15, 0.2) is 18.3 Å². The Morgan fingerprint density at radius 2 is 0.760 bits per heavy atom. The summed E-state index contributed by atoms with van der Waals surface area (Å²) < 4.78 is 9.61. The molecule has 7 aromatic heterocycles. The number of nitrogens with one attached hydrogen (secondary N) is 4. The van der Waals surface area contributed by atoms with E-state index in [2.05, 4.69) is 113 Å². The van der Waals surface area contributed by atoms with Crippen molar-refractivity contribution in [2.24, 2.45) is 15.2 Å². The van der Waals surface area contributed by atoms with Gasteiger partial charge >= 0.3 is 11.9 Å². The van der Waals surface area contributed by atoms with E-state index in [0.717, 1.165) is 125 Å². The first-order valence-electron chi connectivity index (χ1n) is 32.6. The molecule has 0 bridgehead atoms. The number of ether oxygens (including phenoxy) is 2. The van der Waals surface area contributed by atoms with Gasteiger partial charge in [0.2, 0.25) is 33.1 Å². The van der Waals surface area contributed by atoms with Crippen molar-refractivity contribution in [1.29, 1.82) is 0 Å². The van der Waals surface area contributed by atoms with E-state index in [-0.39, 0.29) is 104 Å². The highest BCUT2D eigenvalue weighted by molar-refractivity contribution is 7.16. The lowest BCUT2D eigenvalue weighted by molar-refractivity contribution is -0.144. The van der Waals surface area contributed by atoms with Gasteiger partial charge in [0.25, 0.3) is 0 Å². The minimum Gasteiger partial charge on any atom is -0.466 e. The predicted molar refractivity (Wildman–Crippen MR) is 371 cm³/mol. The van der Waals surface area contributed by atoms with E-state index in [4.69, 9.17) is 9.47 Å². The zero-order valence-corrected chi connectivity index (χ0v) is 60.9. The van der Waals surface area contributed by atoms with Crippen LogP contribution in [0.5, 0.6) is 0 Å². The summed E-state index contributed by atoms with van der Waals surface area (Å²) in [5.74, 6) is -0.280. The third-order valence-corrected chi connectivity index (χ3v) is 19.2. The molecule has 8 heterocycles. The molecule has 0 aliphatic carbocycles. The number of carbonyl (C=O) groups excluding carboxylic acids is 10. The number of anilines is 3. The Balaban J connectivity index is 0.000000236. The number of rotatable bonds is 46. The molecule has 0 atom stereocenters. The number of H-pyrrole nitrogens is 1. The molecular formula is C60H80N22O12S6. The molecule has 0 saturated heterocycles. The molecule has 0 spiro atoms. The largest absolute Gasteiger partial charge is 0.466 e. The van der Waals surface area contributed by atoms with Crippen LogP contribution in [0.1, 0.15) is 201 Å². The smallest absolute Gasteiger partial charge is 0.306 e. The number of aryl methyl sites for hydroxylation is 6. The number of amides is 3. The molecule has 4 N–H and O–H groups in total. The first-order valence-corrected chi connectivity index (χ1v) is 37.5. The standard InChI is InChI=1S/C23H33N5O4S2.C21H29N5O6S2.C16H18N12O2S2/c1-16(29)9-3-5-11-18(31)15-22-27-25-20(33-22)13-7-8-14-21-26-28-23(34-21)24-19(32)12-6-4-10-17(2)30;1-3-31-19(29)11-9-14(27)13-18-25-23-16(33-18)7-5-6-8-17-24-26-21(34-17)22-15(28)10-12-20(30)32-4-2;29-9(5-10-17-8-18-20-10)6-15-25-23-13(31-15)3-1-2-4-14-24-26-16(32-14)19-12(30)7-11-21-27-28-22-11/h3-15H2,1-2H3,(H,24,28,32);3-13H2,1-2H3,(H,22,26,28);1-8H2,(H,19,26,30)(H,21,22,27,28). The topological polar surface area (TPSA) is 471 Å². The molecular weight excluding hydrogens is 1410 g/mol. The molecule has 8 rings (SSSR count). The van der Waals surface area contributed by atoms with Gasteiger partial charge in [0.1, 0.15) is 74.0 Å². The number of aromatic amines is 1. The van der Waals surface area contributed by atoms with Crippen molar-refractivity contribution in [1.82, 2.24) is 81.8 Å². The number of esters is 2. The highest BCUT2D eigenvalue weighted by Gasteiger charge is 2.19. The first-order chi connectivity index (χ1) is 48.3. The monoisotopic (exact) mass is 1490 g/mol. The molecule has 0 saturated carbocycles. The molecule has 1 aliphatic rings. The number of hydrogen-bond donors (Lipinski definition) is 4. The van der Waals surface area contributed by atoms with Gasteiger partial charge in [-0.25, -0.2) is 4.99 Å². The van der Waals surface area contributed by atoms with E-state index >= 15 is 0 Å². The summed E-state index contributed by atoms with van der Waals surface area (Å²) >= 11 is 8.37. The van der Waals surface area contributed by atoms with Crippen molar-refractivity contribution in [3.63, 3.8) is 0 Å². The third-order valence-electron chi connectivity index (χ3n) is 13.6. The van der Waals surface area contributed by atoms with Gasteiger partial charge in [-0.05, 0) is 91.9 Å². The van der Waals surface area contributed by atoms with Gasteiger partial charge in [-0.3, -0.25) is 38.4 Å². The van der Waals surface area contributed by atoms with Crippen LogP contribution in [-0.2, 0) is 122 Å². The lowest BCUT2D eigenvalue weighted by Gasteiger charge is -2.01. The summed E-state index contributed by atoms with van der Waals surface area (Å²) in [6.45, 7) is 7.47. The Hall–Kier alpha value is -8.60. The van der Waals surface area contributed by atoms with Crippen LogP contribution >= 0.6 is 68.0 Å². The second-order valence-electron chi connectivity index (χ2n) is 22.3. The average molecular weight is 1490 g/mol. The number of tetrazole rings is 1. The molecule has 34 nitrogen and oxygen atoms in total. The number of ketones is 5. The number of amidine groups is 1. The molecule has 0 radical (unpaired) electrons. The van der Waals surface area contributed by atoms with Crippen LogP contribution in [-0.4, -0.2) is 166 Å². The van der Waals surface area contributed by atoms with Gasteiger partial charge in [-0.2, -0.15) is 10.3 Å². The van der Waals surface area contributed by atoms with E-state index in [1.54, 1.807) is 27.7 Å². The van der Waals surface area contributed by atoms with Crippen LogP contribution < -0.4 is 16.0 Å². The normalized spacial score (nSPS) is 11.4. The van der Waals surface area contributed by atoms with Crippen molar-refractivity contribution >= 4 is 148 Å². The Labute approximate surface area is 599 Å². The van der Waals surface area contributed by atoms with Gasteiger partial charge in [-0.15, -0.1) is 111 Å². The zero-order valence-electron chi connectivity index (χ0n) is 56.0. The summed E-state index contributed by atoms with van der Waals surface area (Å²) in [5, 5.41) is 86.6. The van der Waals surface area contributed by atoms with E-state index < -0.39 is 5.97 Å². The number of carbonyl (C=O) groups is 10. The van der Waals surface area contributed by atoms with Crippen molar-refractivity contribution in [2.45, 2.75) is 214 Å². The SMILES string of the molecule is CC(=O)CCCCC(=O)Cc1nnc(CCCCc2nnc(NC(=O)CCCCC(C)=O)s2)s1.CCOC(=O)CCC(=O)Cc1nnc(CCCCc2nnc(NC(=O)CCC(=O)OCC)s2)s1.O=C(CC1=NCN=N1)Cc1nnc(CCCCc2nnc(NC(=O)Cc3nn[nH]n3)s2)s1. The van der Waals surface area contributed by atoms with Gasteiger partial charge in [0, 0.05) is 77.0 Å². The summed E-state index contributed by atoms with van der Waals surface area (Å²) in [6.07, 6.45) is 15.9. The number of aromatic nitrogens is 16. The number of nitrogens with zero attached hydrogens (tertiary/aromatic N) is 18. The van der Waals surface area contributed by atoms with Gasteiger partial charge in [-0.1, -0.05) is 39.2 Å². The summed E-state index contributed by atoms with van der Waals surface area (Å²) in [5.41, 5.74) is 0. The molecule has 538 valence electrons. The number of hydrogen-bond acceptors (Lipinski definition) is 36. The van der Waals surface area contributed by atoms with Crippen LogP contribution in [0.15, 0.2) is 15.2 Å². The van der Waals surface area contributed by atoms with Crippen molar-refractivity contribution < 1.29 is 57.4 Å². The van der Waals surface area contributed by atoms with Crippen molar-refractivity contribution in [2.75, 3.05) is 35.8 Å². The Morgan fingerprint density at radius 3 is 1.18 bits per heavy atom. The maximum atomic E-state index is 12.1. The maximum absolute atomic E-state index is 12.1. The molecule has 40 heteroatoms. The van der Waals surface area contributed by atoms with E-state index in [0.29, 0.717) is 102 Å². The molecule has 0 unspecified atom stereocenters. The summed E-state index contributed by atoms with van der Waals surface area (Å²) in [6, 6.07) is 0. The van der Waals surface area contributed by atoms with Crippen LogP contribution in [0.2, 0.25) is 0 Å². The van der Waals surface area contributed by atoms with Gasteiger partial charge in [0.05, 0.1) is 58.2 Å². The fourth-order valence-electron chi connectivity index (χ4n) is 8.73.